The summed E-state index contributed by atoms with van der Waals surface area (Å²) in [5.74, 6) is 2.38. The second-order valence-corrected chi connectivity index (χ2v) is 22.5. The average Bonchev–Trinajstić information content (AvgIpc) is 3.50. The topological polar surface area (TPSA) is 145 Å². The predicted molar refractivity (Wildman–Crippen MR) is 199 cm³/mol. The molecule has 58 heavy (non-hydrogen) atoms. The van der Waals surface area contributed by atoms with E-state index < -0.39 is 42.1 Å². The molecular weight excluding hydrogens is 815 g/mol. The number of carbonyl (C=O) groups excluding carboxylic acids is 2. The van der Waals surface area contributed by atoms with Crippen LogP contribution in [0.25, 0.3) is 0 Å². The lowest BCUT2D eigenvalue weighted by Gasteiger charge is -2.58. The molecule has 0 aromatic carbocycles. The number of alkyl halides is 6. The molecule has 6 aliphatic carbocycles. The monoisotopic (exact) mass is 870 g/mol. The summed E-state index contributed by atoms with van der Waals surface area (Å²) in [4.78, 5) is 24.0. The molecule has 4 saturated carbocycles. The van der Waals surface area contributed by atoms with Crippen molar-refractivity contribution < 1.29 is 61.1 Å². The summed E-state index contributed by atoms with van der Waals surface area (Å²) >= 11 is 0. The summed E-state index contributed by atoms with van der Waals surface area (Å²) < 4.78 is 133. The lowest BCUT2D eigenvalue weighted by molar-refractivity contribution is -0.125. The van der Waals surface area contributed by atoms with Gasteiger partial charge in [-0.3, -0.25) is 9.59 Å². The minimum absolute atomic E-state index is 0.0189. The van der Waals surface area contributed by atoms with Gasteiger partial charge in [0.25, 0.3) is 0 Å². The largest absolute Gasteiger partial charge is 0.534 e. The van der Waals surface area contributed by atoms with Crippen LogP contribution in [0, 0.1) is 69.0 Å². The van der Waals surface area contributed by atoms with Crippen molar-refractivity contribution in [3.05, 3.63) is 23.7 Å². The van der Waals surface area contributed by atoms with Gasteiger partial charge in [0.05, 0.1) is 0 Å². The first-order valence-corrected chi connectivity index (χ1v) is 23.5. The Morgan fingerprint density at radius 1 is 0.603 bits per heavy atom. The highest BCUT2D eigenvalue weighted by Gasteiger charge is 2.62. The van der Waals surface area contributed by atoms with Gasteiger partial charge in [-0.2, -0.15) is 43.2 Å². The minimum atomic E-state index is -5.66. The smallest absolute Gasteiger partial charge is 0.380 e. The summed E-state index contributed by atoms with van der Waals surface area (Å²) in [5.41, 5.74) is -12.2. The molecule has 8 aliphatic rings. The average molecular weight is 871 g/mol. The SMILES string of the molecule is C[C@]12CCC(=O)NC[C@@H]1CC[C@@H]1[C@@H]2CC[C@]2(C)C(OS(=O)(=O)C(F)(F)F)=CC[C@@H]12.C[C@]12CCNC(=O)C[C@@H]1CC[C@@H]1[C@@H]2CC[C@]2(C)C(OS(=O)(=O)C(F)(F)F)=CC[C@@H]12. The Hall–Kier alpha value is -2.50. The van der Waals surface area contributed by atoms with Gasteiger partial charge in [-0.15, -0.1) is 0 Å². The quantitative estimate of drug-likeness (QED) is 0.163. The van der Waals surface area contributed by atoms with Gasteiger partial charge in [0.1, 0.15) is 11.5 Å². The summed E-state index contributed by atoms with van der Waals surface area (Å²) in [7, 11) is -11.3. The Morgan fingerprint density at radius 2 is 1.07 bits per heavy atom. The fourth-order valence-electron chi connectivity index (χ4n) is 13.6. The van der Waals surface area contributed by atoms with E-state index >= 15 is 0 Å². The first kappa shape index (κ1) is 43.6. The van der Waals surface area contributed by atoms with E-state index in [9.17, 15) is 52.8 Å². The van der Waals surface area contributed by atoms with E-state index in [-0.39, 0.29) is 46.0 Å². The highest BCUT2D eigenvalue weighted by molar-refractivity contribution is 7.88. The zero-order valence-corrected chi connectivity index (χ0v) is 35.1. The number of carbonyl (C=O) groups is 2. The Morgan fingerprint density at radius 3 is 1.55 bits per heavy atom. The fraction of sp³-hybridized carbons (Fsp3) is 0.850. The van der Waals surface area contributed by atoms with E-state index in [0.717, 1.165) is 51.4 Å². The van der Waals surface area contributed by atoms with Crippen LogP contribution in [0.5, 0.6) is 0 Å². The van der Waals surface area contributed by atoms with Gasteiger partial charge in [0, 0.05) is 36.8 Å². The first-order chi connectivity index (χ1) is 26.8. The summed E-state index contributed by atoms with van der Waals surface area (Å²) in [6.45, 7) is 9.59. The molecule has 0 unspecified atom stereocenters. The van der Waals surface area contributed by atoms with Gasteiger partial charge in [-0.1, -0.05) is 27.7 Å². The van der Waals surface area contributed by atoms with Crippen LogP contribution in [-0.4, -0.2) is 52.8 Å². The third-order valence-electron chi connectivity index (χ3n) is 17.0. The third-order valence-corrected chi connectivity index (χ3v) is 18.9. The molecule has 2 aliphatic heterocycles. The van der Waals surface area contributed by atoms with Crippen LogP contribution in [0.3, 0.4) is 0 Å². The van der Waals surface area contributed by atoms with Crippen molar-refractivity contribution in [1.29, 1.82) is 0 Å². The molecule has 328 valence electrons. The second kappa shape index (κ2) is 14.6. The molecule has 18 heteroatoms. The first-order valence-electron chi connectivity index (χ1n) is 20.7. The second-order valence-electron chi connectivity index (χ2n) is 19.4. The van der Waals surface area contributed by atoms with Gasteiger partial charge in [-0.05, 0) is 147 Å². The molecule has 2 heterocycles. The number of fused-ring (bicyclic) bond motifs is 10. The molecule has 0 bridgehead atoms. The maximum Gasteiger partial charge on any atom is 0.534 e. The number of allylic oxidation sites excluding steroid dienone is 4. The van der Waals surface area contributed by atoms with Gasteiger partial charge in [-0.25, -0.2) is 0 Å². The lowest BCUT2D eigenvalue weighted by Crippen LogP contribution is -2.52. The van der Waals surface area contributed by atoms with Gasteiger partial charge in [0.15, 0.2) is 0 Å². The Kier molecular flexibility index (Phi) is 10.9. The van der Waals surface area contributed by atoms with Crippen LogP contribution in [0.1, 0.15) is 118 Å². The van der Waals surface area contributed by atoms with Crippen molar-refractivity contribution in [2.45, 2.75) is 129 Å². The van der Waals surface area contributed by atoms with E-state index in [4.69, 9.17) is 0 Å². The number of halogens is 6. The molecular formula is C40H56F6N2O8S2. The molecule has 0 aromatic rings. The molecule has 12 atom stereocenters. The van der Waals surface area contributed by atoms with E-state index in [2.05, 4.69) is 32.8 Å². The third kappa shape index (κ3) is 7.16. The minimum Gasteiger partial charge on any atom is -0.380 e. The van der Waals surface area contributed by atoms with Gasteiger partial charge < -0.3 is 19.0 Å². The van der Waals surface area contributed by atoms with Gasteiger partial charge in [0.2, 0.25) is 11.8 Å². The maximum absolute atomic E-state index is 12.8. The van der Waals surface area contributed by atoms with Crippen LogP contribution < -0.4 is 10.6 Å². The number of hydrogen-bond acceptors (Lipinski definition) is 8. The van der Waals surface area contributed by atoms with E-state index in [0.29, 0.717) is 87.1 Å². The number of hydrogen-bond donors (Lipinski definition) is 2. The molecule has 6 fully saturated rings. The Balaban J connectivity index is 0.000000177. The lowest BCUT2D eigenvalue weighted by atomic mass is 9.46. The van der Waals surface area contributed by atoms with Crippen LogP contribution in [-0.2, 0) is 38.2 Å². The van der Waals surface area contributed by atoms with E-state index in [1.54, 1.807) is 12.2 Å². The van der Waals surface area contributed by atoms with Crippen LogP contribution >= 0.6 is 0 Å². The van der Waals surface area contributed by atoms with Crippen LogP contribution in [0.4, 0.5) is 26.3 Å². The summed E-state index contributed by atoms with van der Waals surface area (Å²) in [5, 5.41) is 6.00. The predicted octanol–water partition coefficient (Wildman–Crippen LogP) is 8.23. The molecule has 2 N–H and O–H groups in total. The maximum atomic E-state index is 12.8. The van der Waals surface area contributed by atoms with Crippen molar-refractivity contribution in [3.8, 4) is 0 Å². The molecule has 0 aromatic heterocycles. The Bertz CT molecular complexity index is 1860. The van der Waals surface area contributed by atoms with E-state index in [1.165, 1.54) is 0 Å². The normalized spacial score (nSPS) is 42.7. The molecule has 10 nitrogen and oxygen atoms in total. The van der Waals surface area contributed by atoms with Crippen LogP contribution in [0.15, 0.2) is 23.7 Å². The number of amides is 2. The van der Waals surface area contributed by atoms with Crippen molar-refractivity contribution in [2.75, 3.05) is 13.1 Å². The molecule has 0 spiro atoms. The van der Waals surface area contributed by atoms with Crippen LogP contribution in [0.2, 0.25) is 0 Å². The zero-order chi connectivity index (χ0) is 42.5. The standard InChI is InChI=1S/2C20H28F3NO4S/c1-18-10-8-17(25)24-11-12(18)3-4-13-14-5-6-16(19(14,2)9-7-15(13)18)28-29(26,27)20(21,22)23;1-18-9-10-24-17(25)11-12(18)3-4-13-14-5-6-16(19(14,2)8-7-15(13)18)28-29(26,27)20(21,22)23/h2*6,12-15H,3-5,7-11H2,1-2H3,(H,24,25)/t2*12-,13-,14-,15-,18-,19-/m00/s1. The number of rotatable bonds is 4. The molecule has 0 radical (unpaired) electrons. The Labute approximate surface area is 337 Å². The molecule has 2 amide bonds. The van der Waals surface area contributed by atoms with Gasteiger partial charge >= 0.3 is 31.3 Å². The van der Waals surface area contributed by atoms with Crippen molar-refractivity contribution >= 4 is 32.1 Å². The van der Waals surface area contributed by atoms with Crippen molar-refractivity contribution in [1.82, 2.24) is 10.6 Å². The van der Waals surface area contributed by atoms with E-state index in [1.807, 2.05) is 13.8 Å². The van der Waals surface area contributed by atoms with Crippen molar-refractivity contribution in [3.63, 3.8) is 0 Å². The summed E-state index contributed by atoms with van der Waals surface area (Å²) in [6.07, 6.45) is 13.6. The fourth-order valence-corrected chi connectivity index (χ4v) is 14.8. The van der Waals surface area contributed by atoms with Crippen molar-refractivity contribution in [2.24, 2.45) is 69.0 Å². The number of nitrogens with one attached hydrogen (secondary N) is 2. The highest BCUT2D eigenvalue weighted by atomic mass is 32.2. The molecule has 8 rings (SSSR count). The highest BCUT2D eigenvalue weighted by Crippen LogP contribution is 2.67. The zero-order valence-electron chi connectivity index (χ0n) is 33.4. The summed E-state index contributed by atoms with van der Waals surface area (Å²) in [6, 6.07) is 0. The molecule has 2 saturated heterocycles.